The van der Waals surface area contributed by atoms with E-state index in [0.29, 0.717) is 0 Å². The fourth-order valence-electron chi connectivity index (χ4n) is 2.56. The van der Waals surface area contributed by atoms with Gasteiger partial charge in [0, 0.05) is 4.47 Å². The van der Waals surface area contributed by atoms with E-state index in [0.717, 1.165) is 0 Å². The van der Waals surface area contributed by atoms with Crippen LogP contribution in [0.25, 0.3) is 21.5 Å². The minimum absolute atomic E-state index is 1.18. The Morgan fingerprint density at radius 2 is 1.35 bits per heavy atom. The van der Waals surface area contributed by atoms with Gasteiger partial charge in [0.25, 0.3) is 0 Å². The van der Waals surface area contributed by atoms with E-state index < -0.39 is 0 Å². The zero-order valence-electron chi connectivity index (χ0n) is 9.92. The number of benzene rings is 3. The topological polar surface area (TPSA) is 0 Å². The van der Waals surface area contributed by atoms with Gasteiger partial charge in [-0.25, -0.2) is 0 Å². The molecular formula is C16H13Br. The molecule has 0 saturated heterocycles. The minimum atomic E-state index is 1.18. The first-order chi connectivity index (χ1) is 8.20. The van der Waals surface area contributed by atoms with Crippen molar-refractivity contribution < 1.29 is 0 Å². The molecular weight excluding hydrogens is 272 g/mol. The van der Waals surface area contributed by atoms with Crippen molar-refractivity contribution in [2.24, 2.45) is 0 Å². The van der Waals surface area contributed by atoms with Crippen LogP contribution in [0.5, 0.6) is 0 Å². The summed E-state index contributed by atoms with van der Waals surface area (Å²) in [5, 5.41) is 5.37. The third kappa shape index (κ3) is 1.49. The van der Waals surface area contributed by atoms with Crippen molar-refractivity contribution in [3.05, 3.63) is 58.1 Å². The van der Waals surface area contributed by atoms with Crippen molar-refractivity contribution in [1.82, 2.24) is 0 Å². The Morgan fingerprint density at radius 1 is 0.706 bits per heavy atom. The smallest absolute Gasteiger partial charge is 0.0256 e. The molecule has 0 saturated carbocycles. The highest BCUT2D eigenvalue weighted by atomic mass is 79.9. The van der Waals surface area contributed by atoms with Gasteiger partial charge in [0.1, 0.15) is 0 Å². The second kappa shape index (κ2) is 3.85. The van der Waals surface area contributed by atoms with Crippen LogP contribution in [0, 0.1) is 13.8 Å². The van der Waals surface area contributed by atoms with Crippen molar-refractivity contribution in [3.8, 4) is 0 Å². The summed E-state index contributed by atoms with van der Waals surface area (Å²) in [5.74, 6) is 0. The molecule has 1 heteroatoms. The van der Waals surface area contributed by atoms with Crippen LogP contribution in [0.15, 0.2) is 46.9 Å². The van der Waals surface area contributed by atoms with Crippen LogP contribution in [0.3, 0.4) is 0 Å². The second-order valence-electron chi connectivity index (χ2n) is 4.46. The van der Waals surface area contributed by atoms with Gasteiger partial charge in [-0.1, -0.05) is 52.3 Å². The lowest BCUT2D eigenvalue weighted by Gasteiger charge is -2.13. The van der Waals surface area contributed by atoms with Crippen molar-refractivity contribution >= 4 is 37.5 Å². The first kappa shape index (κ1) is 10.8. The summed E-state index contributed by atoms with van der Waals surface area (Å²) in [4.78, 5) is 0. The Labute approximate surface area is 109 Å². The van der Waals surface area contributed by atoms with E-state index in [1.807, 2.05) is 0 Å². The van der Waals surface area contributed by atoms with Gasteiger partial charge in [0.15, 0.2) is 0 Å². The SMILES string of the molecule is Cc1c(C)c2c(Br)cccc2c2ccccc12. The Kier molecular flexibility index (Phi) is 2.44. The van der Waals surface area contributed by atoms with Crippen molar-refractivity contribution in [3.63, 3.8) is 0 Å². The molecule has 3 aromatic carbocycles. The number of aryl methyl sites for hydroxylation is 2. The third-order valence-electron chi connectivity index (χ3n) is 3.57. The molecule has 0 bridgehead atoms. The van der Waals surface area contributed by atoms with Crippen LogP contribution in [0.2, 0.25) is 0 Å². The van der Waals surface area contributed by atoms with Gasteiger partial charge in [-0.05, 0) is 52.6 Å². The molecule has 0 aliphatic carbocycles. The highest BCUT2D eigenvalue weighted by molar-refractivity contribution is 9.10. The van der Waals surface area contributed by atoms with Crippen LogP contribution < -0.4 is 0 Å². The van der Waals surface area contributed by atoms with Crippen LogP contribution in [-0.2, 0) is 0 Å². The molecule has 3 rings (SSSR count). The minimum Gasteiger partial charge on any atom is -0.0616 e. The summed E-state index contributed by atoms with van der Waals surface area (Å²) in [6, 6.07) is 15.1. The van der Waals surface area contributed by atoms with Crippen LogP contribution in [0.4, 0.5) is 0 Å². The van der Waals surface area contributed by atoms with E-state index in [-0.39, 0.29) is 0 Å². The maximum atomic E-state index is 3.67. The fraction of sp³-hybridized carbons (Fsp3) is 0.125. The normalized spacial score (nSPS) is 11.2. The molecule has 0 fully saturated rings. The average molecular weight is 285 g/mol. The van der Waals surface area contributed by atoms with Crippen LogP contribution >= 0.6 is 15.9 Å². The molecule has 0 unspecified atom stereocenters. The van der Waals surface area contributed by atoms with Crippen LogP contribution in [0.1, 0.15) is 11.1 Å². The Morgan fingerprint density at radius 3 is 2.12 bits per heavy atom. The third-order valence-corrected chi connectivity index (χ3v) is 4.23. The van der Waals surface area contributed by atoms with Crippen molar-refractivity contribution in [1.29, 1.82) is 0 Å². The highest BCUT2D eigenvalue weighted by Gasteiger charge is 2.09. The number of fused-ring (bicyclic) bond motifs is 3. The molecule has 84 valence electrons. The number of halogens is 1. The van der Waals surface area contributed by atoms with Gasteiger partial charge in [-0.3, -0.25) is 0 Å². The summed E-state index contributed by atoms with van der Waals surface area (Å²) < 4.78 is 1.18. The first-order valence-electron chi connectivity index (χ1n) is 5.76. The maximum absolute atomic E-state index is 3.67. The van der Waals surface area contributed by atoms with Crippen molar-refractivity contribution in [2.45, 2.75) is 13.8 Å². The Bertz CT molecular complexity index is 726. The van der Waals surface area contributed by atoms with Gasteiger partial charge in [-0.15, -0.1) is 0 Å². The highest BCUT2D eigenvalue weighted by Crippen LogP contribution is 2.35. The Balaban J connectivity index is 2.70. The number of rotatable bonds is 0. The van der Waals surface area contributed by atoms with Gasteiger partial charge >= 0.3 is 0 Å². The van der Waals surface area contributed by atoms with Gasteiger partial charge < -0.3 is 0 Å². The van der Waals surface area contributed by atoms with E-state index in [1.54, 1.807) is 0 Å². The summed E-state index contributed by atoms with van der Waals surface area (Å²) in [7, 11) is 0. The largest absolute Gasteiger partial charge is 0.0616 e. The summed E-state index contributed by atoms with van der Waals surface area (Å²) >= 11 is 3.67. The molecule has 17 heavy (non-hydrogen) atoms. The molecule has 0 heterocycles. The molecule has 0 nitrogen and oxygen atoms in total. The van der Waals surface area contributed by atoms with Gasteiger partial charge in [0.05, 0.1) is 0 Å². The zero-order chi connectivity index (χ0) is 12.0. The van der Waals surface area contributed by atoms with E-state index in [9.17, 15) is 0 Å². The standard InChI is InChI=1S/C16H13Br/c1-10-11(2)16-14(8-5-9-15(16)17)13-7-4-3-6-12(10)13/h3-9H,1-2H3. The molecule has 0 N–H and O–H groups in total. The lowest BCUT2D eigenvalue weighted by molar-refractivity contribution is 1.41. The fourth-order valence-corrected chi connectivity index (χ4v) is 3.23. The maximum Gasteiger partial charge on any atom is 0.0256 e. The molecule has 0 amide bonds. The molecule has 0 aliphatic rings. The van der Waals surface area contributed by atoms with Gasteiger partial charge in [-0.2, -0.15) is 0 Å². The summed E-state index contributed by atoms with van der Waals surface area (Å²) in [6.45, 7) is 4.41. The number of hydrogen-bond acceptors (Lipinski definition) is 0. The Hall–Kier alpha value is -1.34. The predicted molar refractivity (Wildman–Crippen MR) is 78.6 cm³/mol. The molecule has 3 aromatic rings. The lowest BCUT2D eigenvalue weighted by atomic mass is 9.93. The molecule has 0 aliphatic heterocycles. The lowest BCUT2D eigenvalue weighted by Crippen LogP contribution is -1.89. The molecule has 0 atom stereocenters. The molecule has 0 radical (unpaired) electrons. The van der Waals surface area contributed by atoms with Crippen LogP contribution in [-0.4, -0.2) is 0 Å². The quantitative estimate of drug-likeness (QED) is 0.487. The van der Waals surface area contributed by atoms with Crippen molar-refractivity contribution in [2.75, 3.05) is 0 Å². The average Bonchev–Trinajstić information content (AvgIpc) is 2.36. The van der Waals surface area contributed by atoms with E-state index in [4.69, 9.17) is 0 Å². The summed E-state index contributed by atoms with van der Waals surface area (Å²) in [5.41, 5.74) is 2.74. The molecule has 0 aromatic heterocycles. The summed E-state index contributed by atoms with van der Waals surface area (Å²) in [6.07, 6.45) is 0. The van der Waals surface area contributed by atoms with Gasteiger partial charge in [0.2, 0.25) is 0 Å². The monoisotopic (exact) mass is 284 g/mol. The zero-order valence-corrected chi connectivity index (χ0v) is 11.5. The van der Waals surface area contributed by atoms with E-state index in [2.05, 4.69) is 72.2 Å². The van der Waals surface area contributed by atoms with E-state index in [1.165, 1.54) is 37.1 Å². The predicted octanol–water partition coefficient (Wildman–Crippen LogP) is 5.37. The second-order valence-corrected chi connectivity index (χ2v) is 5.31. The van der Waals surface area contributed by atoms with E-state index >= 15 is 0 Å². The number of hydrogen-bond donors (Lipinski definition) is 0. The first-order valence-corrected chi connectivity index (χ1v) is 6.55. The molecule has 0 spiro atoms.